The Labute approximate surface area is 130 Å². The van der Waals surface area contributed by atoms with Crippen molar-refractivity contribution in [2.45, 2.75) is 51.4 Å². The predicted molar refractivity (Wildman–Crippen MR) is 89.6 cm³/mol. The standard InChI is InChI=1S/C19H31NO/c1-17(19-9-5-2-6-10-19)16-20-13-11-18(12-14-20)8-4-3-7-15-21/h2,5-6,9-10,17-18,21H,3-4,7-8,11-16H2,1H3. The minimum Gasteiger partial charge on any atom is -0.396 e. The van der Waals surface area contributed by atoms with Crippen LogP contribution in [0.2, 0.25) is 0 Å². The zero-order chi connectivity index (χ0) is 14.9. The molecule has 0 radical (unpaired) electrons. The van der Waals surface area contributed by atoms with E-state index in [4.69, 9.17) is 5.11 Å². The fourth-order valence-corrected chi connectivity index (χ4v) is 3.45. The molecule has 0 bridgehead atoms. The van der Waals surface area contributed by atoms with E-state index in [0.29, 0.717) is 12.5 Å². The minimum atomic E-state index is 0.357. The Morgan fingerprint density at radius 2 is 1.81 bits per heavy atom. The van der Waals surface area contributed by atoms with Gasteiger partial charge in [-0.25, -0.2) is 0 Å². The highest BCUT2D eigenvalue weighted by atomic mass is 16.2. The summed E-state index contributed by atoms with van der Waals surface area (Å²) in [6.07, 6.45) is 7.56. The molecule has 21 heavy (non-hydrogen) atoms. The Morgan fingerprint density at radius 1 is 1.10 bits per heavy atom. The average molecular weight is 289 g/mol. The van der Waals surface area contributed by atoms with Gasteiger partial charge in [-0.3, -0.25) is 0 Å². The van der Waals surface area contributed by atoms with Gasteiger partial charge in [0, 0.05) is 13.2 Å². The van der Waals surface area contributed by atoms with Crippen LogP contribution in [0.3, 0.4) is 0 Å². The lowest BCUT2D eigenvalue weighted by molar-refractivity contribution is 0.170. The van der Waals surface area contributed by atoms with Crippen LogP contribution in [-0.4, -0.2) is 36.2 Å². The van der Waals surface area contributed by atoms with Gasteiger partial charge in [0.2, 0.25) is 0 Å². The summed E-state index contributed by atoms with van der Waals surface area (Å²) in [6.45, 7) is 6.43. The summed E-state index contributed by atoms with van der Waals surface area (Å²) in [5.74, 6) is 1.55. The molecule has 1 heterocycles. The Bertz CT molecular complexity index is 370. The normalized spacial score (nSPS) is 18.8. The molecule has 1 aliphatic heterocycles. The van der Waals surface area contributed by atoms with Crippen molar-refractivity contribution in [1.29, 1.82) is 0 Å². The molecule has 1 saturated heterocycles. The summed E-state index contributed by atoms with van der Waals surface area (Å²) in [5.41, 5.74) is 1.46. The zero-order valence-corrected chi connectivity index (χ0v) is 13.5. The van der Waals surface area contributed by atoms with Gasteiger partial charge in [0.25, 0.3) is 0 Å². The molecule has 118 valence electrons. The van der Waals surface area contributed by atoms with Gasteiger partial charge in [-0.2, -0.15) is 0 Å². The zero-order valence-electron chi connectivity index (χ0n) is 13.5. The van der Waals surface area contributed by atoms with E-state index >= 15 is 0 Å². The van der Waals surface area contributed by atoms with E-state index in [9.17, 15) is 0 Å². The smallest absolute Gasteiger partial charge is 0.0431 e. The second kappa shape index (κ2) is 9.22. The first-order valence-electron chi connectivity index (χ1n) is 8.67. The molecule has 1 aromatic rings. The topological polar surface area (TPSA) is 23.5 Å². The third-order valence-electron chi connectivity index (χ3n) is 4.88. The maximum absolute atomic E-state index is 8.81. The van der Waals surface area contributed by atoms with Crippen LogP contribution in [0.1, 0.15) is 56.9 Å². The van der Waals surface area contributed by atoms with Gasteiger partial charge in [0.05, 0.1) is 0 Å². The van der Waals surface area contributed by atoms with E-state index in [0.717, 1.165) is 12.3 Å². The summed E-state index contributed by atoms with van der Waals surface area (Å²) < 4.78 is 0. The molecular formula is C19H31NO. The number of hydrogen-bond acceptors (Lipinski definition) is 2. The van der Waals surface area contributed by atoms with Crippen LogP contribution in [0.5, 0.6) is 0 Å². The van der Waals surface area contributed by atoms with Crippen molar-refractivity contribution in [1.82, 2.24) is 4.90 Å². The molecule has 1 atom stereocenters. The van der Waals surface area contributed by atoms with Crippen LogP contribution in [0.4, 0.5) is 0 Å². The first-order chi connectivity index (χ1) is 10.3. The molecule has 1 aliphatic rings. The number of hydrogen-bond donors (Lipinski definition) is 1. The third kappa shape index (κ3) is 5.80. The number of likely N-dealkylation sites (tertiary alicyclic amines) is 1. The predicted octanol–water partition coefficient (Wildman–Crippen LogP) is 4.05. The van der Waals surface area contributed by atoms with Crippen molar-refractivity contribution in [2.75, 3.05) is 26.2 Å². The maximum atomic E-state index is 8.81. The van der Waals surface area contributed by atoms with Crippen LogP contribution in [-0.2, 0) is 0 Å². The van der Waals surface area contributed by atoms with Gasteiger partial charge in [-0.05, 0) is 49.8 Å². The van der Waals surface area contributed by atoms with Crippen LogP contribution in [0, 0.1) is 5.92 Å². The summed E-state index contributed by atoms with van der Waals surface area (Å²) in [6, 6.07) is 10.9. The molecule has 1 N–H and O–H groups in total. The van der Waals surface area contributed by atoms with Crippen molar-refractivity contribution < 1.29 is 5.11 Å². The summed E-state index contributed by atoms with van der Waals surface area (Å²) in [4.78, 5) is 2.64. The molecule has 1 unspecified atom stereocenters. The molecule has 1 aromatic carbocycles. The molecular weight excluding hydrogens is 258 g/mol. The SMILES string of the molecule is CC(CN1CCC(CCCCCO)CC1)c1ccccc1. The molecule has 2 heteroatoms. The van der Waals surface area contributed by atoms with E-state index in [1.807, 2.05) is 0 Å². The lowest BCUT2D eigenvalue weighted by Gasteiger charge is -2.33. The molecule has 2 rings (SSSR count). The number of nitrogens with zero attached hydrogens (tertiary/aromatic N) is 1. The van der Waals surface area contributed by atoms with E-state index < -0.39 is 0 Å². The van der Waals surface area contributed by atoms with Gasteiger partial charge in [-0.1, -0.05) is 56.5 Å². The number of rotatable bonds is 8. The Morgan fingerprint density at radius 3 is 2.48 bits per heavy atom. The van der Waals surface area contributed by atoms with Gasteiger partial charge in [0.1, 0.15) is 0 Å². The fraction of sp³-hybridized carbons (Fsp3) is 0.684. The summed E-state index contributed by atoms with van der Waals surface area (Å²) >= 11 is 0. The van der Waals surface area contributed by atoms with Crippen LogP contribution >= 0.6 is 0 Å². The monoisotopic (exact) mass is 289 g/mol. The van der Waals surface area contributed by atoms with Crippen LogP contribution in [0.25, 0.3) is 0 Å². The van der Waals surface area contributed by atoms with Gasteiger partial charge in [-0.15, -0.1) is 0 Å². The Balaban J connectivity index is 1.65. The molecule has 0 aliphatic carbocycles. The van der Waals surface area contributed by atoms with Crippen molar-refractivity contribution >= 4 is 0 Å². The minimum absolute atomic E-state index is 0.357. The molecule has 0 amide bonds. The van der Waals surface area contributed by atoms with Gasteiger partial charge in [0.15, 0.2) is 0 Å². The van der Waals surface area contributed by atoms with Crippen LogP contribution < -0.4 is 0 Å². The van der Waals surface area contributed by atoms with Gasteiger partial charge >= 0.3 is 0 Å². The van der Waals surface area contributed by atoms with E-state index in [-0.39, 0.29) is 0 Å². The number of unbranched alkanes of at least 4 members (excludes halogenated alkanes) is 2. The lowest BCUT2D eigenvalue weighted by atomic mass is 9.90. The summed E-state index contributed by atoms with van der Waals surface area (Å²) in [7, 11) is 0. The quantitative estimate of drug-likeness (QED) is 0.730. The van der Waals surface area contributed by atoms with E-state index in [2.05, 4.69) is 42.2 Å². The molecule has 0 aromatic heterocycles. The van der Waals surface area contributed by atoms with E-state index in [1.54, 1.807) is 0 Å². The first kappa shape index (κ1) is 16.5. The van der Waals surface area contributed by atoms with Crippen molar-refractivity contribution in [2.24, 2.45) is 5.92 Å². The van der Waals surface area contributed by atoms with Gasteiger partial charge < -0.3 is 10.0 Å². The lowest BCUT2D eigenvalue weighted by Crippen LogP contribution is -2.36. The highest BCUT2D eigenvalue weighted by Gasteiger charge is 2.20. The highest BCUT2D eigenvalue weighted by molar-refractivity contribution is 5.19. The highest BCUT2D eigenvalue weighted by Crippen LogP contribution is 2.25. The Kier molecular flexibility index (Phi) is 7.25. The van der Waals surface area contributed by atoms with Crippen molar-refractivity contribution in [3.63, 3.8) is 0 Å². The number of benzene rings is 1. The second-order valence-corrected chi connectivity index (χ2v) is 6.63. The second-order valence-electron chi connectivity index (χ2n) is 6.63. The number of aliphatic hydroxyl groups excluding tert-OH is 1. The third-order valence-corrected chi connectivity index (χ3v) is 4.88. The molecule has 1 fully saturated rings. The molecule has 2 nitrogen and oxygen atoms in total. The first-order valence-corrected chi connectivity index (χ1v) is 8.67. The van der Waals surface area contributed by atoms with Crippen molar-refractivity contribution in [3.8, 4) is 0 Å². The Hall–Kier alpha value is -0.860. The molecule has 0 saturated carbocycles. The average Bonchev–Trinajstić information content (AvgIpc) is 2.54. The van der Waals surface area contributed by atoms with Crippen LogP contribution in [0.15, 0.2) is 30.3 Å². The number of aliphatic hydroxyl groups is 1. The largest absolute Gasteiger partial charge is 0.396 e. The molecule has 0 spiro atoms. The van der Waals surface area contributed by atoms with E-state index in [1.165, 1.54) is 57.3 Å². The fourth-order valence-electron chi connectivity index (χ4n) is 3.45. The summed E-state index contributed by atoms with van der Waals surface area (Å²) in [5, 5.41) is 8.81. The maximum Gasteiger partial charge on any atom is 0.0431 e. The number of piperidine rings is 1. The van der Waals surface area contributed by atoms with Crippen molar-refractivity contribution in [3.05, 3.63) is 35.9 Å².